The van der Waals surface area contributed by atoms with E-state index in [2.05, 4.69) is 23.1 Å². The van der Waals surface area contributed by atoms with E-state index in [0.717, 1.165) is 11.4 Å². The third kappa shape index (κ3) is 4.27. The number of para-hydroxylation sites is 1. The van der Waals surface area contributed by atoms with Gasteiger partial charge in [0.1, 0.15) is 0 Å². The van der Waals surface area contributed by atoms with Crippen molar-refractivity contribution in [1.82, 2.24) is 14.1 Å². The molecule has 1 atom stereocenters. The van der Waals surface area contributed by atoms with Crippen LogP contribution in [0.15, 0.2) is 52.9 Å². The fourth-order valence-corrected chi connectivity index (χ4v) is 4.70. The average molecular weight is 426 g/mol. The highest BCUT2D eigenvalue weighted by atomic mass is 32.2. The topological polar surface area (TPSA) is 66.1 Å². The molecule has 2 aromatic heterocycles. The molecule has 0 saturated heterocycles. The minimum absolute atomic E-state index is 0.0107. The third-order valence-corrected chi connectivity index (χ3v) is 6.08. The van der Waals surface area contributed by atoms with Crippen LogP contribution >= 0.6 is 11.8 Å². The Balaban J connectivity index is 1.89. The third-order valence-electron chi connectivity index (χ3n) is 5.10. The Morgan fingerprint density at radius 2 is 2.07 bits per heavy atom. The van der Waals surface area contributed by atoms with E-state index in [1.54, 1.807) is 23.8 Å². The van der Waals surface area contributed by atoms with Gasteiger partial charge in [-0.15, -0.1) is 6.58 Å². The van der Waals surface area contributed by atoms with Crippen molar-refractivity contribution in [3.8, 4) is 0 Å². The van der Waals surface area contributed by atoms with Crippen molar-refractivity contribution in [2.75, 3.05) is 19.5 Å². The maximum absolute atomic E-state index is 13.0. The lowest BCUT2D eigenvalue weighted by Gasteiger charge is -2.17. The molecular weight excluding hydrogens is 398 g/mol. The zero-order valence-electron chi connectivity index (χ0n) is 17.8. The van der Waals surface area contributed by atoms with E-state index in [1.807, 2.05) is 38.1 Å². The molecule has 158 valence electrons. The molecule has 0 fully saturated rings. The highest BCUT2D eigenvalue weighted by molar-refractivity contribution is 7.99. The van der Waals surface area contributed by atoms with Gasteiger partial charge in [-0.3, -0.25) is 14.2 Å². The number of methoxy groups -OCH3 is 1. The van der Waals surface area contributed by atoms with Gasteiger partial charge in [-0.25, -0.2) is 4.98 Å². The van der Waals surface area contributed by atoms with Crippen molar-refractivity contribution in [2.45, 2.75) is 38.5 Å². The number of ketones is 1. The lowest BCUT2D eigenvalue weighted by atomic mass is 10.2. The second kappa shape index (κ2) is 9.45. The van der Waals surface area contributed by atoms with Crippen LogP contribution in [0.25, 0.3) is 10.9 Å². The van der Waals surface area contributed by atoms with Crippen molar-refractivity contribution in [3.63, 3.8) is 0 Å². The van der Waals surface area contributed by atoms with Crippen LogP contribution in [0.5, 0.6) is 0 Å². The fourth-order valence-electron chi connectivity index (χ4n) is 3.81. The number of hydrogen-bond acceptors (Lipinski definition) is 5. The predicted molar refractivity (Wildman–Crippen MR) is 122 cm³/mol. The summed E-state index contributed by atoms with van der Waals surface area (Å²) in [6.45, 7) is 10.7. The molecule has 0 N–H and O–H groups in total. The maximum atomic E-state index is 13.0. The fraction of sp³-hybridized carbons (Fsp3) is 0.348. The van der Waals surface area contributed by atoms with E-state index in [0.29, 0.717) is 34.8 Å². The lowest BCUT2D eigenvalue weighted by Crippen LogP contribution is -2.23. The zero-order chi connectivity index (χ0) is 21.8. The summed E-state index contributed by atoms with van der Waals surface area (Å²) in [4.78, 5) is 30.5. The molecule has 6 nitrogen and oxygen atoms in total. The first-order valence-corrected chi connectivity index (χ1v) is 10.8. The maximum Gasteiger partial charge on any atom is 0.262 e. The van der Waals surface area contributed by atoms with Crippen LogP contribution < -0.4 is 5.56 Å². The summed E-state index contributed by atoms with van der Waals surface area (Å²) in [7, 11) is 1.67. The van der Waals surface area contributed by atoms with Crippen LogP contribution in [0.2, 0.25) is 0 Å². The minimum atomic E-state index is -0.123. The van der Waals surface area contributed by atoms with E-state index in [9.17, 15) is 9.59 Å². The molecule has 0 aliphatic heterocycles. The Morgan fingerprint density at radius 3 is 2.77 bits per heavy atom. The Hall–Kier alpha value is -2.64. The number of nitrogens with zero attached hydrogens (tertiary/aromatic N) is 3. The van der Waals surface area contributed by atoms with Gasteiger partial charge >= 0.3 is 0 Å². The summed E-state index contributed by atoms with van der Waals surface area (Å²) in [5, 5.41) is 1.08. The molecular formula is C23H27N3O3S. The lowest BCUT2D eigenvalue weighted by molar-refractivity contribution is 0.102. The first-order valence-electron chi connectivity index (χ1n) is 9.82. The van der Waals surface area contributed by atoms with Crippen molar-refractivity contribution >= 4 is 28.4 Å². The van der Waals surface area contributed by atoms with Gasteiger partial charge in [0.05, 0.1) is 29.3 Å². The second-order valence-corrected chi connectivity index (χ2v) is 8.23. The predicted octanol–water partition coefficient (Wildman–Crippen LogP) is 4.18. The van der Waals surface area contributed by atoms with Crippen LogP contribution in [-0.2, 0) is 11.3 Å². The second-order valence-electron chi connectivity index (χ2n) is 7.29. The van der Waals surface area contributed by atoms with Gasteiger partial charge in [-0.2, -0.15) is 0 Å². The van der Waals surface area contributed by atoms with Crippen molar-refractivity contribution in [3.05, 3.63) is 70.3 Å². The highest BCUT2D eigenvalue weighted by Crippen LogP contribution is 2.24. The Morgan fingerprint density at radius 1 is 1.33 bits per heavy atom. The van der Waals surface area contributed by atoms with Crippen molar-refractivity contribution in [2.24, 2.45) is 0 Å². The monoisotopic (exact) mass is 425 g/mol. The van der Waals surface area contributed by atoms with Gasteiger partial charge in [0.2, 0.25) is 0 Å². The molecule has 0 radical (unpaired) electrons. The molecule has 1 unspecified atom stereocenters. The number of hydrogen-bond donors (Lipinski definition) is 0. The first-order chi connectivity index (χ1) is 14.4. The molecule has 2 heterocycles. The van der Waals surface area contributed by atoms with Gasteiger partial charge < -0.3 is 9.30 Å². The molecule has 3 aromatic rings. The van der Waals surface area contributed by atoms with E-state index < -0.39 is 0 Å². The van der Waals surface area contributed by atoms with Crippen LogP contribution in [0.4, 0.5) is 0 Å². The van der Waals surface area contributed by atoms with Gasteiger partial charge in [0, 0.05) is 30.6 Å². The molecule has 30 heavy (non-hydrogen) atoms. The van der Waals surface area contributed by atoms with Crippen LogP contribution in [0, 0.1) is 13.8 Å². The molecule has 1 aromatic carbocycles. The van der Waals surface area contributed by atoms with Crippen LogP contribution in [0.1, 0.15) is 34.7 Å². The van der Waals surface area contributed by atoms with Gasteiger partial charge in [0.15, 0.2) is 10.9 Å². The normalized spacial score (nSPS) is 12.3. The number of benzene rings is 1. The molecule has 7 heteroatoms. The first kappa shape index (κ1) is 22.1. The van der Waals surface area contributed by atoms with E-state index in [4.69, 9.17) is 4.74 Å². The molecule has 3 rings (SSSR count). The molecule has 0 saturated carbocycles. The number of carbonyl (C=O) groups excluding carboxylic acids is 1. The Bertz CT molecular complexity index is 1150. The number of fused-ring (bicyclic) bond motifs is 1. The van der Waals surface area contributed by atoms with E-state index in [-0.39, 0.29) is 23.1 Å². The average Bonchev–Trinajstić information content (AvgIpc) is 3.03. The molecule has 0 amide bonds. The number of ether oxygens (including phenoxy) is 1. The number of allylic oxidation sites excluding steroid dienone is 1. The largest absolute Gasteiger partial charge is 0.383 e. The Labute approximate surface area is 180 Å². The zero-order valence-corrected chi connectivity index (χ0v) is 18.7. The van der Waals surface area contributed by atoms with Crippen LogP contribution in [0.3, 0.4) is 0 Å². The smallest absolute Gasteiger partial charge is 0.262 e. The van der Waals surface area contributed by atoms with E-state index >= 15 is 0 Å². The van der Waals surface area contributed by atoms with Crippen molar-refractivity contribution in [1.29, 1.82) is 0 Å². The molecule has 0 aliphatic rings. The van der Waals surface area contributed by atoms with Gasteiger partial charge in [0.25, 0.3) is 5.56 Å². The summed E-state index contributed by atoms with van der Waals surface area (Å²) in [6, 6.07) is 9.31. The summed E-state index contributed by atoms with van der Waals surface area (Å²) >= 11 is 1.28. The molecule has 0 bridgehead atoms. The SMILES string of the molecule is C=CCn1c(SCC(=O)c2cc(C)n(C(C)COC)c2C)nc2ccccc2c1=O. The number of rotatable bonds is 9. The summed E-state index contributed by atoms with van der Waals surface area (Å²) in [6.07, 6.45) is 1.66. The molecule has 0 aliphatic carbocycles. The van der Waals surface area contributed by atoms with Gasteiger partial charge in [-0.1, -0.05) is 30.0 Å². The number of aromatic nitrogens is 3. The number of carbonyl (C=O) groups is 1. The number of thioether (sulfide) groups is 1. The summed E-state index contributed by atoms with van der Waals surface area (Å²) in [5.41, 5.74) is 3.16. The van der Waals surface area contributed by atoms with Crippen LogP contribution in [-0.4, -0.2) is 39.4 Å². The number of aryl methyl sites for hydroxylation is 1. The summed E-state index contributed by atoms with van der Waals surface area (Å²) in [5.74, 6) is 0.210. The molecule has 0 spiro atoms. The number of Topliss-reactive ketones (excluding diaryl/α,β-unsaturated/α-hetero) is 1. The quantitative estimate of drug-likeness (QED) is 0.223. The van der Waals surface area contributed by atoms with Crippen molar-refractivity contribution < 1.29 is 9.53 Å². The standard InChI is InChI=1S/C23H27N3O3S/c1-6-11-25-22(28)18-9-7-8-10-20(18)24-23(25)30-14-21(27)19-12-15(2)26(17(19)4)16(3)13-29-5/h6-10,12,16H,1,11,13-14H2,2-5H3. The summed E-state index contributed by atoms with van der Waals surface area (Å²) < 4.78 is 8.96. The van der Waals surface area contributed by atoms with E-state index in [1.165, 1.54) is 11.8 Å². The van der Waals surface area contributed by atoms with Gasteiger partial charge in [-0.05, 0) is 39.0 Å². The Kier molecular flexibility index (Phi) is 6.95. The minimum Gasteiger partial charge on any atom is -0.383 e. The highest BCUT2D eigenvalue weighted by Gasteiger charge is 2.20.